The smallest absolute Gasteiger partial charge is 0.295 e. The standard InChI is InChI=1S/C24H27NO6/c1-3-14-31-19-11-7-17(8-12-19)22(27)20-21(16-5-9-18(26)10-6-16)25(13-4-15-30-2)24(29)23(20)28/h5-12,21,26-27H,3-4,13-15H2,1-2H3/b22-20+. The van der Waals surface area contributed by atoms with Gasteiger partial charge >= 0.3 is 0 Å². The van der Waals surface area contributed by atoms with E-state index in [1.54, 1.807) is 43.5 Å². The van der Waals surface area contributed by atoms with E-state index in [4.69, 9.17) is 9.47 Å². The SMILES string of the molecule is CCCOc1ccc(/C(O)=C2\C(=O)C(=O)N(CCCOC)C2c2ccc(O)cc2)cc1. The number of ketones is 1. The molecule has 1 heterocycles. The number of nitrogens with zero attached hydrogens (tertiary/aromatic N) is 1. The van der Waals surface area contributed by atoms with Crippen molar-refractivity contribution < 1.29 is 29.3 Å². The Bertz CT molecular complexity index is 949. The number of carbonyl (C=O) groups excluding carboxylic acids is 2. The van der Waals surface area contributed by atoms with E-state index in [2.05, 4.69) is 0 Å². The molecule has 31 heavy (non-hydrogen) atoms. The Balaban J connectivity index is 2.02. The molecule has 2 N–H and O–H groups in total. The first-order valence-corrected chi connectivity index (χ1v) is 10.3. The third kappa shape index (κ3) is 4.88. The molecule has 0 aliphatic carbocycles. The van der Waals surface area contributed by atoms with Crippen LogP contribution in [0.15, 0.2) is 54.1 Å². The molecule has 1 atom stereocenters. The van der Waals surface area contributed by atoms with Gasteiger partial charge in [-0.05, 0) is 54.8 Å². The normalized spacial score (nSPS) is 17.9. The molecule has 7 heteroatoms. The summed E-state index contributed by atoms with van der Waals surface area (Å²) in [4.78, 5) is 27.1. The summed E-state index contributed by atoms with van der Waals surface area (Å²) in [5.41, 5.74) is 1.07. The quantitative estimate of drug-likeness (QED) is 0.276. The van der Waals surface area contributed by atoms with Crippen molar-refractivity contribution in [1.82, 2.24) is 4.90 Å². The topological polar surface area (TPSA) is 96.3 Å². The zero-order valence-corrected chi connectivity index (χ0v) is 17.7. The lowest BCUT2D eigenvalue weighted by molar-refractivity contribution is -0.140. The highest BCUT2D eigenvalue weighted by Gasteiger charge is 2.45. The Kier molecular flexibility index (Phi) is 7.31. The molecular formula is C24H27NO6. The van der Waals surface area contributed by atoms with Gasteiger partial charge in [-0.1, -0.05) is 19.1 Å². The molecule has 0 radical (unpaired) electrons. The van der Waals surface area contributed by atoms with Crippen molar-refractivity contribution in [2.75, 3.05) is 26.9 Å². The summed E-state index contributed by atoms with van der Waals surface area (Å²) >= 11 is 0. The van der Waals surface area contributed by atoms with E-state index in [1.165, 1.54) is 17.0 Å². The van der Waals surface area contributed by atoms with Crippen LogP contribution in [0.1, 0.15) is 36.9 Å². The number of hydrogen-bond acceptors (Lipinski definition) is 6. The van der Waals surface area contributed by atoms with Gasteiger partial charge in [0, 0.05) is 25.8 Å². The minimum absolute atomic E-state index is 0.0235. The summed E-state index contributed by atoms with van der Waals surface area (Å²) in [5.74, 6) is -0.915. The third-order valence-electron chi connectivity index (χ3n) is 5.10. The number of phenolic OH excluding ortho intramolecular Hbond substituents is 1. The molecule has 7 nitrogen and oxygen atoms in total. The summed E-state index contributed by atoms with van der Waals surface area (Å²) in [6.45, 7) is 3.32. The fourth-order valence-electron chi connectivity index (χ4n) is 3.58. The number of Topliss-reactive ketones (excluding diaryl/α,β-unsaturated/α-hetero) is 1. The molecule has 164 valence electrons. The predicted molar refractivity (Wildman–Crippen MR) is 116 cm³/mol. The molecule has 3 rings (SSSR count). The number of likely N-dealkylation sites (tertiary alicyclic amines) is 1. The first-order chi connectivity index (χ1) is 15.0. The average molecular weight is 425 g/mol. The van der Waals surface area contributed by atoms with E-state index >= 15 is 0 Å². The van der Waals surface area contributed by atoms with E-state index in [-0.39, 0.29) is 17.1 Å². The lowest BCUT2D eigenvalue weighted by Crippen LogP contribution is -2.31. The predicted octanol–water partition coefficient (Wildman–Crippen LogP) is 3.64. The van der Waals surface area contributed by atoms with Gasteiger partial charge in [0.25, 0.3) is 11.7 Å². The molecule has 2 aromatic carbocycles. The van der Waals surface area contributed by atoms with Crippen molar-refractivity contribution in [2.24, 2.45) is 0 Å². The van der Waals surface area contributed by atoms with E-state index in [1.807, 2.05) is 6.92 Å². The second kappa shape index (κ2) is 10.1. The second-order valence-corrected chi connectivity index (χ2v) is 7.30. The van der Waals surface area contributed by atoms with Gasteiger partial charge in [-0.15, -0.1) is 0 Å². The summed E-state index contributed by atoms with van der Waals surface area (Å²) in [7, 11) is 1.57. The van der Waals surface area contributed by atoms with Crippen LogP contribution >= 0.6 is 0 Å². The average Bonchev–Trinajstić information content (AvgIpc) is 3.03. The van der Waals surface area contributed by atoms with Gasteiger partial charge < -0.3 is 24.6 Å². The van der Waals surface area contributed by atoms with Crippen molar-refractivity contribution in [3.63, 3.8) is 0 Å². The monoisotopic (exact) mass is 425 g/mol. The molecule has 1 amide bonds. The fourth-order valence-corrected chi connectivity index (χ4v) is 3.58. The number of carbonyl (C=O) groups is 2. The molecule has 0 saturated carbocycles. The number of hydrogen-bond donors (Lipinski definition) is 2. The zero-order valence-electron chi connectivity index (χ0n) is 17.7. The Hall–Kier alpha value is -3.32. The van der Waals surface area contributed by atoms with Gasteiger partial charge in [-0.2, -0.15) is 0 Å². The first kappa shape index (κ1) is 22.4. The molecule has 1 fully saturated rings. The maximum Gasteiger partial charge on any atom is 0.295 e. The van der Waals surface area contributed by atoms with Crippen LogP contribution < -0.4 is 4.74 Å². The lowest BCUT2D eigenvalue weighted by Gasteiger charge is -2.25. The fraction of sp³-hybridized carbons (Fsp3) is 0.333. The minimum Gasteiger partial charge on any atom is -0.508 e. The molecular weight excluding hydrogens is 398 g/mol. The van der Waals surface area contributed by atoms with E-state index < -0.39 is 17.7 Å². The van der Waals surface area contributed by atoms with Crippen LogP contribution in [0, 0.1) is 0 Å². The van der Waals surface area contributed by atoms with Gasteiger partial charge in [0.2, 0.25) is 0 Å². The summed E-state index contributed by atoms with van der Waals surface area (Å²) in [6, 6.07) is 12.3. The lowest BCUT2D eigenvalue weighted by atomic mass is 9.95. The van der Waals surface area contributed by atoms with Crippen LogP contribution in [-0.2, 0) is 14.3 Å². The number of aromatic hydroxyl groups is 1. The highest BCUT2D eigenvalue weighted by molar-refractivity contribution is 6.46. The van der Waals surface area contributed by atoms with Crippen LogP contribution in [-0.4, -0.2) is 53.7 Å². The summed E-state index contributed by atoms with van der Waals surface area (Å²) in [6.07, 6.45) is 1.42. The maximum absolute atomic E-state index is 12.9. The summed E-state index contributed by atoms with van der Waals surface area (Å²) < 4.78 is 10.6. The van der Waals surface area contributed by atoms with Crippen molar-refractivity contribution in [2.45, 2.75) is 25.8 Å². The number of ether oxygens (including phenoxy) is 2. The number of aliphatic hydroxyl groups is 1. The Morgan fingerprint density at radius 1 is 1.03 bits per heavy atom. The summed E-state index contributed by atoms with van der Waals surface area (Å²) in [5, 5.41) is 20.7. The molecule has 1 unspecified atom stereocenters. The van der Waals surface area contributed by atoms with Crippen LogP contribution in [0.5, 0.6) is 11.5 Å². The number of aliphatic hydroxyl groups excluding tert-OH is 1. The number of methoxy groups -OCH3 is 1. The molecule has 2 aromatic rings. The van der Waals surface area contributed by atoms with Gasteiger partial charge in [0.15, 0.2) is 0 Å². The Morgan fingerprint density at radius 2 is 1.71 bits per heavy atom. The van der Waals surface area contributed by atoms with Gasteiger partial charge in [-0.3, -0.25) is 9.59 Å². The highest BCUT2D eigenvalue weighted by Crippen LogP contribution is 2.40. The third-order valence-corrected chi connectivity index (χ3v) is 5.10. The van der Waals surface area contributed by atoms with Crippen LogP contribution in [0.25, 0.3) is 5.76 Å². The molecule has 0 aromatic heterocycles. The number of amides is 1. The molecule has 0 spiro atoms. The zero-order chi connectivity index (χ0) is 22.4. The molecule has 0 bridgehead atoms. The van der Waals surface area contributed by atoms with Gasteiger partial charge in [0.1, 0.15) is 17.3 Å². The van der Waals surface area contributed by atoms with E-state index in [0.717, 1.165) is 6.42 Å². The van der Waals surface area contributed by atoms with Crippen molar-refractivity contribution in [3.05, 3.63) is 65.2 Å². The maximum atomic E-state index is 12.9. The second-order valence-electron chi connectivity index (χ2n) is 7.30. The number of benzene rings is 2. The van der Waals surface area contributed by atoms with Crippen molar-refractivity contribution in [3.8, 4) is 11.5 Å². The number of rotatable bonds is 9. The molecule has 1 saturated heterocycles. The Labute approximate surface area is 181 Å². The molecule has 1 aliphatic heterocycles. The van der Waals surface area contributed by atoms with E-state index in [9.17, 15) is 19.8 Å². The Morgan fingerprint density at radius 3 is 2.32 bits per heavy atom. The van der Waals surface area contributed by atoms with Crippen molar-refractivity contribution in [1.29, 1.82) is 0 Å². The highest BCUT2D eigenvalue weighted by atomic mass is 16.5. The van der Waals surface area contributed by atoms with Crippen LogP contribution in [0.2, 0.25) is 0 Å². The van der Waals surface area contributed by atoms with Crippen molar-refractivity contribution >= 4 is 17.4 Å². The van der Waals surface area contributed by atoms with Gasteiger partial charge in [-0.25, -0.2) is 0 Å². The largest absolute Gasteiger partial charge is 0.508 e. The minimum atomic E-state index is -0.756. The van der Waals surface area contributed by atoms with E-state index in [0.29, 0.717) is 43.1 Å². The number of phenols is 1. The molecule has 1 aliphatic rings. The first-order valence-electron chi connectivity index (χ1n) is 10.3. The van der Waals surface area contributed by atoms with Crippen LogP contribution in [0.3, 0.4) is 0 Å². The van der Waals surface area contributed by atoms with Gasteiger partial charge in [0.05, 0.1) is 18.2 Å². The van der Waals surface area contributed by atoms with Crippen LogP contribution in [0.4, 0.5) is 0 Å².